The van der Waals surface area contributed by atoms with Crippen molar-refractivity contribution in [1.82, 2.24) is 0 Å². The molecule has 2 nitrogen and oxygen atoms in total. The van der Waals surface area contributed by atoms with Crippen LogP contribution >= 0.6 is 11.8 Å². The Morgan fingerprint density at radius 3 is 2.37 bits per heavy atom. The van der Waals surface area contributed by atoms with Crippen LogP contribution in [0.2, 0.25) is 0 Å². The van der Waals surface area contributed by atoms with Gasteiger partial charge in [-0.05, 0) is 96.3 Å². The SMILES string of the molecule is Cc1c2c(c(C)c3cc(CC(C)C)ccc13)-c1c3c(cc4ccc(CC(C)(C)C#N)cc4c3cc[n+]1C)S2. The van der Waals surface area contributed by atoms with Gasteiger partial charge in [0, 0.05) is 21.2 Å². The predicted molar refractivity (Wildman–Crippen MR) is 161 cm³/mol. The number of rotatable bonds is 4. The van der Waals surface area contributed by atoms with Crippen LogP contribution in [0.25, 0.3) is 43.6 Å². The van der Waals surface area contributed by atoms with E-state index in [1.165, 1.54) is 75.6 Å². The monoisotopic (exact) mass is 515 g/mol. The van der Waals surface area contributed by atoms with Gasteiger partial charge in [-0.15, -0.1) is 0 Å². The molecule has 0 amide bonds. The first-order chi connectivity index (χ1) is 18.1. The molecule has 1 aromatic heterocycles. The van der Waals surface area contributed by atoms with Crippen LogP contribution in [0, 0.1) is 36.5 Å². The van der Waals surface area contributed by atoms with Gasteiger partial charge in [0.25, 0.3) is 0 Å². The van der Waals surface area contributed by atoms with Gasteiger partial charge in [-0.25, -0.2) is 4.57 Å². The largest absolute Gasteiger partial charge is 0.222 e. The fourth-order valence-electron chi connectivity index (χ4n) is 6.30. The number of nitrogens with zero attached hydrogens (tertiary/aromatic N) is 2. The van der Waals surface area contributed by atoms with E-state index in [9.17, 15) is 5.26 Å². The predicted octanol–water partition coefficient (Wildman–Crippen LogP) is 9.01. The molecule has 5 aromatic rings. The molecular weight excluding hydrogens is 480 g/mol. The van der Waals surface area contributed by atoms with Crippen molar-refractivity contribution >= 4 is 44.1 Å². The quantitative estimate of drug-likeness (QED) is 0.173. The van der Waals surface area contributed by atoms with Crippen molar-refractivity contribution in [2.45, 2.75) is 64.2 Å². The number of aryl methyl sites for hydroxylation is 3. The van der Waals surface area contributed by atoms with Gasteiger partial charge in [-0.2, -0.15) is 5.26 Å². The Morgan fingerprint density at radius 2 is 1.63 bits per heavy atom. The Hall–Kier alpha value is -3.35. The van der Waals surface area contributed by atoms with E-state index in [0.717, 1.165) is 12.8 Å². The lowest BCUT2D eigenvalue weighted by molar-refractivity contribution is -0.659. The highest BCUT2D eigenvalue weighted by Gasteiger charge is 2.31. The van der Waals surface area contributed by atoms with Gasteiger partial charge in [-0.3, -0.25) is 0 Å². The van der Waals surface area contributed by atoms with E-state index in [1.807, 2.05) is 25.6 Å². The zero-order valence-corrected chi connectivity index (χ0v) is 24.3. The second kappa shape index (κ2) is 8.85. The highest BCUT2D eigenvalue weighted by Crippen LogP contribution is 2.52. The summed E-state index contributed by atoms with van der Waals surface area (Å²) >= 11 is 1.93. The molecule has 0 bridgehead atoms. The lowest BCUT2D eigenvalue weighted by atomic mass is 9.86. The minimum Gasteiger partial charge on any atom is -0.200 e. The van der Waals surface area contributed by atoms with E-state index >= 15 is 0 Å². The first kappa shape index (κ1) is 25.0. The number of benzene rings is 4. The Morgan fingerprint density at radius 1 is 0.895 bits per heavy atom. The van der Waals surface area contributed by atoms with E-state index in [0.29, 0.717) is 5.92 Å². The molecule has 4 aromatic carbocycles. The van der Waals surface area contributed by atoms with Gasteiger partial charge in [-0.1, -0.05) is 62.0 Å². The molecule has 2 heterocycles. The van der Waals surface area contributed by atoms with Crippen LogP contribution < -0.4 is 4.57 Å². The van der Waals surface area contributed by atoms with Crippen molar-refractivity contribution < 1.29 is 4.57 Å². The topological polar surface area (TPSA) is 27.7 Å². The fraction of sp³-hybridized carbons (Fsp3) is 0.314. The fourth-order valence-corrected chi connectivity index (χ4v) is 7.63. The molecule has 0 unspecified atom stereocenters. The molecule has 0 N–H and O–H groups in total. The Bertz CT molecular complexity index is 1840. The summed E-state index contributed by atoms with van der Waals surface area (Å²) in [6.45, 7) is 13.2. The van der Waals surface area contributed by atoms with Crippen molar-refractivity contribution in [2.75, 3.05) is 0 Å². The van der Waals surface area contributed by atoms with Gasteiger partial charge in [0.2, 0.25) is 5.69 Å². The molecule has 0 atom stereocenters. The summed E-state index contributed by atoms with van der Waals surface area (Å²) in [5.74, 6) is 0.636. The standard InChI is InChI=1S/C35H35N2S/c1-20(2)14-23-9-11-26-22(4)34-31(21(3)28(26)15-23)33-32-27(12-13-37(33)7)29-16-24(18-35(5,6)19-36)8-10-25(29)17-30(32)38-34/h8-13,15-17,20H,14,18H2,1-7H3/q+1. The highest BCUT2D eigenvalue weighted by molar-refractivity contribution is 8.00. The van der Waals surface area contributed by atoms with Crippen molar-refractivity contribution in [3.8, 4) is 17.3 Å². The smallest absolute Gasteiger partial charge is 0.200 e. The summed E-state index contributed by atoms with van der Waals surface area (Å²) in [4.78, 5) is 2.71. The maximum Gasteiger partial charge on any atom is 0.222 e. The minimum atomic E-state index is -0.384. The van der Waals surface area contributed by atoms with Crippen molar-refractivity contribution in [3.63, 3.8) is 0 Å². The van der Waals surface area contributed by atoms with E-state index in [1.54, 1.807) is 0 Å². The zero-order valence-electron chi connectivity index (χ0n) is 23.5. The Balaban J connectivity index is 1.66. The number of nitriles is 1. The minimum absolute atomic E-state index is 0.384. The van der Waals surface area contributed by atoms with Gasteiger partial charge < -0.3 is 0 Å². The van der Waals surface area contributed by atoms with Crippen molar-refractivity contribution in [1.29, 1.82) is 5.26 Å². The molecule has 1 aliphatic heterocycles. The molecular formula is C35H35N2S+. The van der Waals surface area contributed by atoms with Crippen LogP contribution in [0.1, 0.15) is 49.9 Å². The molecule has 38 heavy (non-hydrogen) atoms. The third kappa shape index (κ3) is 3.89. The van der Waals surface area contributed by atoms with Gasteiger partial charge >= 0.3 is 0 Å². The summed E-state index contributed by atoms with van der Waals surface area (Å²) in [5, 5.41) is 17.5. The van der Waals surface area contributed by atoms with Gasteiger partial charge in [0.15, 0.2) is 6.20 Å². The molecule has 190 valence electrons. The first-order valence-corrected chi connectivity index (χ1v) is 14.4. The first-order valence-electron chi connectivity index (χ1n) is 13.6. The average molecular weight is 516 g/mol. The molecule has 3 heteroatoms. The summed E-state index contributed by atoms with van der Waals surface area (Å²) in [5.41, 5.74) is 7.69. The maximum absolute atomic E-state index is 9.60. The summed E-state index contributed by atoms with van der Waals surface area (Å²) < 4.78 is 2.31. The second-order valence-electron chi connectivity index (χ2n) is 12.2. The van der Waals surface area contributed by atoms with Crippen LogP contribution in [0.4, 0.5) is 0 Å². The van der Waals surface area contributed by atoms with Gasteiger partial charge in [0.1, 0.15) is 7.05 Å². The van der Waals surface area contributed by atoms with E-state index < -0.39 is 0 Å². The third-order valence-electron chi connectivity index (χ3n) is 8.14. The zero-order chi connectivity index (χ0) is 26.9. The van der Waals surface area contributed by atoms with E-state index in [2.05, 4.69) is 100 Å². The molecule has 6 rings (SSSR count). The van der Waals surface area contributed by atoms with Gasteiger partial charge in [0.05, 0.1) is 22.4 Å². The molecule has 0 spiro atoms. The van der Waals surface area contributed by atoms with Crippen LogP contribution in [0.5, 0.6) is 0 Å². The molecule has 1 aliphatic rings. The molecule has 0 fully saturated rings. The summed E-state index contributed by atoms with van der Waals surface area (Å²) in [6, 6.07) is 21.0. The highest BCUT2D eigenvalue weighted by atomic mass is 32.2. The Kier molecular flexibility index (Phi) is 5.82. The average Bonchev–Trinajstić information content (AvgIpc) is 2.88. The maximum atomic E-state index is 9.60. The summed E-state index contributed by atoms with van der Waals surface area (Å²) in [7, 11) is 2.18. The van der Waals surface area contributed by atoms with Crippen molar-refractivity contribution in [2.24, 2.45) is 18.4 Å². The number of hydrogen-bond donors (Lipinski definition) is 0. The lowest BCUT2D eigenvalue weighted by Crippen LogP contribution is -2.32. The van der Waals surface area contributed by atoms with E-state index in [4.69, 9.17) is 0 Å². The Labute approximate surface area is 230 Å². The molecule has 0 radical (unpaired) electrons. The van der Waals surface area contributed by atoms with E-state index in [-0.39, 0.29) is 5.41 Å². The van der Waals surface area contributed by atoms with Crippen LogP contribution in [0.15, 0.2) is 64.5 Å². The third-order valence-corrected chi connectivity index (χ3v) is 9.40. The van der Waals surface area contributed by atoms with Crippen LogP contribution in [-0.4, -0.2) is 0 Å². The van der Waals surface area contributed by atoms with Crippen LogP contribution in [0.3, 0.4) is 0 Å². The second-order valence-corrected chi connectivity index (χ2v) is 13.3. The van der Waals surface area contributed by atoms with Crippen LogP contribution in [-0.2, 0) is 19.9 Å². The number of hydrogen-bond acceptors (Lipinski definition) is 2. The number of aromatic nitrogens is 1. The number of pyridine rings is 1. The molecule has 0 saturated carbocycles. The normalized spacial score (nSPS) is 12.9. The lowest BCUT2D eigenvalue weighted by Gasteiger charge is -2.24. The number of fused-ring (bicyclic) bond motifs is 5. The molecule has 0 saturated heterocycles. The van der Waals surface area contributed by atoms with Crippen molar-refractivity contribution in [3.05, 3.63) is 77.0 Å². The molecule has 0 aliphatic carbocycles. The summed E-state index contributed by atoms with van der Waals surface area (Å²) in [6.07, 6.45) is 4.07.